The molecule has 4 rings (SSSR count). The Morgan fingerprint density at radius 3 is 2.41 bits per heavy atom. The Bertz CT molecular complexity index is 1930. The number of carbonyl (C=O) groups is 3. The normalized spacial score (nSPS) is 18.3. The lowest BCUT2D eigenvalue weighted by atomic mass is 10.0. The fraction of sp³-hybridized carbons (Fsp3) is 0.471. The van der Waals surface area contributed by atoms with Crippen LogP contribution in [0.25, 0.3) is 11.1 Å². The predicted octanol–water partition coefficient (Wildman–Crippen LogP) is 2.50. The van der Waals surface area contributed by atoms with E-state index < -0.39 is 78.7 Å². The number of sulfonamides is 1. The lowest BCUT2D eigenvalue weighted by Gasteiger charge is -2.29. The first-order valence-corrected chi connectivity index (χ1v) is 20.4. The summed E-state index contributed by atoms with van der Waals surface area (Å²) in [4.78, 5) is 47.2. The number of halogens is 1. The van der Waals surface area contributed by atoms with Crippen LogP contribution in [0.5, 0.6) is 0 Å². The first-order chi connectivity index (χ1) is 23.9. The number of nitrogens with one attached hydrogen (secondary N) is 2. The van der Waals surface area contributed by atoms with Gasteiger partial charge in [0.05, 0.1) is 28.9 Å². The van der Waals surface area contributed by atoms with Crippen molar-refractivity contribution in [2.75, 3.05) is 19.3 Å². The zero-order chi connectivity index (χ0) is 37.6. The summed E-state index contributed by atoms with van der Waals surface area (Å²) in [5, 5.41) is 12.0. The standard InChI is InChI=1S/C34H44ClN5O9S2/c1-34(2,44)17-8-11-27(39-50(3,45)46)33(43)40-20-24(51(47,48)21-22-13-15-23(35)16-14-22)19-28(40)31(42)37-26(10-6-7-18-36)30(41)32-38-25-9-4-5-12-29(25)49-32/h4-5,8-9,12-17,24,26-28,39,44H,6-7,10-11,18-21,36H2,1-3H3,(H,37,42)/t24-,26+,27-,28+/m1/s1. The number of nitrogens with two attached hydrogens (primary N) is 1. The van der Waals surface area contributed by atoms with Gasteiger partial charge < -0.3 is 25.5 Å². The largest absolute Gasteiger partial charge is 0.434 e. The van der Waals surface area contributed by atoms with Crippen molar-refractivity contribution < 1.29 is 40.7 Å². The van der Waals surface area contributed by atoms with Gasteiger partial charge in [-0.3, -0.25) is 14.4 Å². The quantitative estimate of drug-likeness (QED) is 0.0889. The Morgan fingerprint density at radius 2 is 1.78 bits per heavy atom. The Hall–Kier alpha value is -3.67. The third kappa shape index (κ3) is 11.4. The van der Waals surface area contributed by atoms with E-state index in [1.807, 2.05) is 0 Å². The number of carbonyl (C=O) groups excluding carboxylic acids is 3. The van der Waals surface area contributed by atoms with Crippen molar-refractivity contribution in [3.63, 3.8) is 0 Å². The molecule has 1 saturated heterocycles. The summed E-state index contributed by atoms with van der Waals surface area (Å²) in [5.41, 5.74) is 5.67. The third-order valence-corrected chi connectivity index (χ3v) is 11.3. The van der Waals surface area contributed by atoms with E-state index in [0.717, 1.165) is 11.2 Å². The first kappa shape index (κ1) is 40.1. The minimum atomic E-state index is -3.98. The minimum Gasteiger partial charge on any atom is -0.434 e. The van der Waals surface area contributed by atoms with Crippen LogP contribution in [0.2, 0.25) is 5.02 Å². The molecule has 278 valence electrons. The van der Waals surface area contributed by atoms with Crippen LogP contribution in [-0.4, -0.2) is 97.7 Å². The maximum atomic E-state index is 14.1. The van der Waals surface area contributed by atoms with Gasteiger partial charge in [0.2, 0.25) is 27.6 Å². The highest BCUT2D eigenvalue weighted by atomic mass is 35.5. The van der Waals surface area contributed by atoms with E-state index in [1.54, 1.807) is 48.5 Å². The number of fused-ring (bicyclic) bond motifs is 1. The molecule has 5 N–H and O–H groups in total. The van der Waals surface area contributed by atoms with Gasteiger partial charge in [-0.2, -0.15) is 0 Å². The topological polar surface area (TPSA) is 219 Å². The van der Waals surface area contributed by atoms with Crippen molar-refractivity contribution >= 4 is 60.2 Å². The zero-order valence-corrected chi connectivity index (χ0v) is 31.0. The number of hydrogen-bond acceptors (Lipinski definition) is 11. The number of benzene rings is 2. The number of Topliss-reactive ketones (excluding diaryl/α,β-unsaturated/α-hetero) is 1. The first-order valence-electron chi connectivity index (χ1n) is 16.4. The van der Waals surface area contributed by atoms with Gasteiger partial charge in [-0.25, -0.2) is 26.5 Å². The summed E-state index contributed by atoms with van der Waals surface area (Å²) in [6.07, 6.45) is 4.30. The van der Waals surface area contributed by atoms with Crippen LogP contribution in [-0.2, 0) is 35.2 Å². The number of rotatable bonds is 17. The second-order valence-corrected chi connectivity index (χ2v) is 17.7. The SMILES string of the molecule is CC(C)(O)C=CC[C@@H](NS(C)(=O)=O)C(=O)N1C[C@H](S(=O)(=O)Cc2ccc(Cl)cc2)C[C@H]1C(=O)N[C@@H](CCCCN)C(=O)c1nc2ccccc2o1. The Balaban J connectivity index is 1.67. The monoisotopic (exact) mass is 765 g/mol. The summed E-state index contributed by atoms with van der Waals surface area (Å²) in [7, 11) is -7.95. The molecule has 0 spiro atoms. The molecule has 14 nitrogen and oxygen atoms in total. The van der Waals surface area contributed by atoms with Gasteiger partial charge in [0.25, 0.3) is 5.89 Å². The number of oxazole rings is 1. The maximum Gasteiger partial charge on any atom is 0.266 e. The van der Waals surface area contributed by atoms with E-state index in [-0.39, 0.29) is 25.2 Å². The van der Waals surface area contributed by atoms with Crippen LogP contribution in [0, 0.1) is 0 Å². The summed E-state index contributed by atoms with van der Waals surface area (Å²) in [6.45, 7) is 2.91. The van der Waals surface area contributed by atoms with Crippen molar-refractivity contribution in [2.24, 2.45) is 5.73 Å². The molecule has 3 aromatic rings. The molecular formula is C34H44ClN5O9S2. The second kappa shape index (κ2) is 16.8. The molecule has 0 bridgehead atoms. The number of amides is 2. The van der Waals surface area contributed by atoms with E-state index in [4.69, 9.17) is 21.8 Å². The van der Waals surface area contributed by atoms with Crippen molar-refractivity contribution in [1.82, 2.24) is 19.9 Å². The molecule has 0 aliphatic carbocycles. The van der Waals surface area contributed by atoms with Crippen LogP contribution in [0.4, 0.5) is 0 Å². The summed E-state index contributed by atoms with van der Waals surface area (Å²) in [6, 6.07) is 9.01. The third-order valence-electron chi connectivity index (χ3n) is 8.27. The van der Waals surface area contributed by atoms with Crippen molar-refractivity contribution in [1.29, 1.82) is 0 Å². The Kier molecular flexibility index (Phi) is 13.2. The molecule has 2 heterocycles. The Morgan fingerprint density at radius 1 is 1.10 bits per heavy atom. The molecule has 2 aromatic carbocycles. The highest BCUT2D eigenvalue weighted by Gasteiger charge is 2.47. The number of hydrogen-bond donors (Lipinski definition) is 4. The minimum absolute atomic E-state index is 0.152. The average molecular weight is 766 g/mol. The van der Waals surface area contributed by atoms with Gasteiger partial charge in [0.1, 0.15) is 17.6 Å². The number of ketones is 1. The van der Waals surface area contributed by atoms with Crippen LogP contribution in [0.1, 0.15) is 62.2 Å². The Labute approximate surface area is 302 Å². The number of likely N-dealkylation sites (tertiary alicyclic amines) is 1. The molecule has 2 amide bonds. The van der Waals surface area contributed by atoms with Crippen LogP contribution >= 0.6 is 11.6 Å². The van der Waals surface area contributed by atoms with E-state index >= 15 is 0 Å². The lowest BCUT2D eigenvalue weighted by molar-refractivity contribution is -0.139. The second-order valence-electron chi connectivity index (χ2n) is 13.2. The van der Waals surface area contributed by atoms with Gasteiger partial charge in [-0.05, 0) is 82.3 Å². The number of sulfone groups is 1. The van der Waals surface area contributed by atoms with E-state index in [2.05, 4.69) is 15.0 Å². The molecule has 1 aliphatic heterocycles. The number of nitrogens with zero attached hydrogens (tertiary/aromatic N) is 2. The fourth-order valence-corrected chi connectivity index (χ4v) is 8.38. The van der Waals surface area contributed by atoms with Gasteiger partial charge in [0.15, 0.2) is 15.4 Å². The molecular weight excluding hydrogens is 722 g/mol. The maximum absolute atomic E-state index is 14.1. The molecule has 0 radical (unpaired) electrons. The van der Waals surface area contributed by atoms with Crippen LogP contribution in [0.3, 0.4) is 0 Å². The summed E-state index contributed by atoms with van der Waals surface area (Å²) >= 11 is 5.97. The number of unbranched alkanes of at least 4 members (excludes halogenated alkanes) is 1. The molecule has 0 saturated carbocycles. The fourth-order valence-electron chi connectivity index (χ4n) is 5.79. The molecule has 1 aliphatic rings. The van der Waals surface area contributed by atoms with Crippen molar-refractivity contribution in [3.8, 4) is 0 Å². The van der Waals surface area contributed by atoms with Crippen LogP contribution < -0.4 is 15.8 Å². The smallest absolute Gasteiger partial charge is 0.266 e. The van der Waals surface area contributed by atoms with E-state index in [1.165, 1.54) is 26.0 Å². The van der Waals surface area contributed by atoms with Gasteiger partial charge in [0, 0.05) is 11.6 Å². The summed E-state index contributed by atoms with van der Waals surface area (Å²) < 4.78 is 60.1. The van der Waals surface area contributed by atoms with E-state index in [0.29, 0.717) is 41.1 Å². The molecule has 1 fully saturated rings. The molecule has 4 atom stereocenters. The highest BCUT2D eigenvalue weighted by molar-refractivity contribution is 7.91. The van der Waals surface area contributed by atoms with Gasteiger partial charge >= 0.3 is 0 Å². The lowest BCUT2D eigenvalue weighted by Crippen LogP contribution is -2.55. The van der Waals surface area contributed by atoms with Crippen molar-refractivity contribution in [2.45, 2.75) is 80.7 Å². The predicted molar refractivity (Wildman–Crippen MR) is 193 cm³/mol. The zero-order valence-electron chi connectivity index (χ0n) is 28.6. The van der Waals surface area contributed by atoms with Gasteiger partial charge in [-0.15, -0.1) is 0 Å². The summed E-state index contributed by atoms with van der Waals surface area (Å²) in [5.74, 6) is -2.90. The average Bonchev–Trinajstić information content (AvgIpc) is 3.69. The molecule has 17 heteroatoms. The van der Waals surface area contributed by atoms with E-state index in [9.17, 15) is 36.3 Å². The number of para-hydroxylation sites is 2. The molecule has 0 unspecified atom stereocenters. The highest BCUT2D eigenvalue weighted by Crippen LogP contribution is 2.28. The number of aliphatic hydroxyl groups is 1. The molecule has 51 heavy (non-hydrogen) atoms. The van der Waals surface area contributed by atoms with Crippen molar-refractivity contribution in [3.05, 3.63) is 77.2 Å². The van der Waals surface area contributed by atoms with Crippen LogP contribution in [0.15, 0.2) is 65.1 Å². The molecule has 1 aromatic heterocycles. The van der Waals surface area contributed by atoms with Gasteiger partial charge in [-0.1, -0.05) is 48.0 Å². The number of aromatic nitrogens is 1.